The van der Waals surface area contributed by atoms with E-state index in [1.165, 1.54) is 0 Å². The van der Waals surface area contributed by atoms with Crippen LogP contribution in [0.15, 0.2) is 30.3 Å². The molecule has 3 nitrogen and oxygen atoms in total. The molecule has 0 aromatic heterocycles. The number of nitrogens with one attached hydrogen (secondary N) is 1. The Hall–Kier alpha value is -1.29. The van der Waals surface area contributed by atoms with Crippen LogP contribution in [0, 0.1) is 0 Å². The molecule has 2 aromatic rings. The number of benzene rings is 2. The molecule has 2 aromatic carbocycles. The molecule has 0 spiro atoms. The van der Waals surface area contributed by atoms with Gasteiger partial charge in [-0.1, -0.05) is 34.8 Å². The van der Waals surface area contributed by atoms with Crippen molar-refractivity contribution in [2.75, 3.05) is 19.5 Å². The minimum Gasteiger partial charge on any atom is -0.493 e. The summed E-state index contributed by atoms with van der Waals surface area (Å²) < 4.78 is 10.5. The van der Waals surface area contributed by atoms with Crippen LogP contribution in [0.3, 0.4) is 0 Å². The Morgan fingerprint density at radius 2 is 1.57 bits per heavy atom. The van der Waals surface area contributed by atoms with Gasteiger partial charge in [0.25, 0.3) is 0 Å². The number of halogens is 3. The Labute approximate surface area is 138 Å². The lowest BCUT2D eigenvalue weighted by atomic mass is 10.2. The monoisotopic (exact) mass is 345 g/mol. The van der Waals surface area contributed by atoms with Gasteiger partial charge in [-0.25, -0.2) is 0 Å². The van der Waals surface area contributed by atoms with E-state index < -0.39 is 0 Å². The summed E-state index contributed by atoms with van der Waals surface area (Å²) >= 11 is 18.1. The predicted octanol–water partition coefficient (Wildman–Crippen LogP) is 5.28. The normalized spacial score (nSPS) is 10.3. The quantitative estimate of drug-likeness (QED) is 0.799. The number of ether oxygens (including phenoxy) is 2. The third-order valence-corrected chi connectivity index (χ3v) is 3.57. The van der Waals surface area contributed by atoms with Crippen LogP contribution in [0.1, 0.15) is 5.56 Å². The van der Waals surface area contributed by atoms with E-state index >= 15 is 0 Å². The Morgan fingerprint density at radius 1 is 0.905 bits per heavy atom. The summed E-state index contributed by atoms with van der Waals surface area (Å²) in [5, 5.41) is 4.89. The van der Waals surface area contributed by atoms with Crippen molar-refractivity contribution >= 4 is 40.5 Å². The lowest BCUT2D eigenvalue weighted by Crippen LogP contribution is -2.01. The van der Waals surface area contributed by atoms with Gasteiger partial charge in [0.05, 0.1) is 19.2 Å². The molecule has 0 aliphatic rings. The van der Waals surface area contributed by atoms with Crippen molar-refractivity contribution in [3.8, 4) is 11.5 Å². The molecule has 0 aliphatic carbocycles. The highest BCUT2D eigenvalue weighted by Crippen LogP contribution is 2.36. The Morgan fingerprint density at radius 3 is 2.14 bits per heavy atom. The van der Waals surface area contributed by atoms with E-state index in [0.717, 1.165) is 11.3 Å². The van der Waals surface area contributed by atoms with Gasteiger partial charge in [0.15, 0.2) is 11.5 Å². The van der Waals surface area contributed by atoms with Gasteiger partial charge in [-0.3, -0.25) is 0 Å². The minimum atomic E-state index is 0.498. The van der Waals surface area contributed by atoms with Gasteiger partial charge in [-0.05, 0) is 35.9 Å². The standard InChI is InChI=1S/C15H14Cl3NO2/c1-20-14-4-9(3-13(18)15(14)21-2)8-19-12-6-10(16)5-11(17)7-12/h3-7,19H,8H2,1-2H3. The Balaban J connectivity index is 2.18. The van der Waals surface area contributed by atoms with Crippen LogP contribution in [0.4, 0.5) is 5.69 Å². The molecule has 21 heavy (non-hydrogen) atoms. The summed E-state index contributed by atoms with van der Waals surface area (Å²) in [4.78, 5) is 0. The number of rotatable bonds is 5. The number of anilines is 1. The third-order valence-electron chi connectivity index (χ3n) is 2.85. The lowest BCUT2D eigenvalue weighted by Gasteiger charge is -2.13. The van der Waals surface area contributed by atoms with E-state index in [4.69, 9.17) is 44.3 Å². The summed E-state index contributed by atoms with van der Waals surface area (Å²) in [5.74, 6) is 1.11. The smallest absolute Gasteiger partial charge is 0.179 e. The van der Waals surface area contributed by atoms with E-state index in [-0.39, 0.29) is 0 Å². The number of methoxy groups -OCH3 is 2. The van der Waals surface area contributed by atoms with Crippen LogP contribution in [0.5, 0.6) is 11.5 Å². The lowest BCUT2D eigenvalue weighted by molar-refractivity contribution is 0.355. The highest BCUT2D eigenvalue weighted by molar-refractivity contribution is 6.35. The van der Waals surface area contributed by atoms with E-state index in [2.05, 4.69) is 5.32 Å². The van der Waals surface area contributed by atoms with Crippen LogP contribution in [0.25, 0.3) is 0 Å². The minimum absolute atomic E-state index is 0.498. The predicted molar refractivity (Wildman–Crippen MR) is 88.3 cm³/mol. The summed E-state index contributed by atoms with van der Waals surface area (Å²) in [6.45, 7) is 0.552. The van der Waals surface area contributed by atoms with Gasteiger partial charge >= 0.3 is 0 Å². The number of hydrogen-bond donors (Lipinski definition) is 1. The van der Waals surface area contributed by atoms with Crippen molar-refractivity contribution < 1.29 is 9.47 Å². The van der Waals surface area contributed by atoms with Crippen molar-refractivity contribution in [2.45, 2.75) is 6.54 Å². The molecule has 0 radical (unpaired) electrons. The van der Waals surface area contributed by atoms with Crippen LogP contribution < -0.4 is 14.8 Å². The molecular weight excluding hydrogens is 333 g/mol. The molecule has 0 saturated carbocycles. The van der Waals surface area contributed by atoms with E-state index in [0.29, 0.717) is 33.1 Å². The molecule has 0 fully saturated rings. The SMILES string of the molecule is COc1cc(CNc2cc(Cl)cc(Cl)c2)cc(Cl)c1OC. The van der Waals surface area contributed by atoms with Crippen molar-refractivity contribution in [2.24, 2.45) is 0 Å². The van der Waals surface area contributed by atoms with Gasteiger partial charge in [-0.2, -0.15) is 0 Å². The molecule has 112 valence electrons. The fraction of sp³-hybridized carbons (Fsp3) is 0.200. The maximum Gasteiger partial charge on any atom is 0.179 e. The molecule has 1 N–H and O–H groups in total. The second kappa shape index (κ2) is 7.12. The maximum atomic E-state index is 6.17. The largest absolute Gasteiger partial charge is 0.493 e. The first-order chi connectivity index (χ1) is 10.0. The molecular formula is C15H14Cl3NO2. The zero-order valence-corrected chi connectivity index (χ0v) is 13.8. The fourth-order valence-corrected chi connectivity index (χ4v) is 2.77. The van der Waals surface area contributed by atoms with Gasteiger partial charge in [0.1, 0.15) is 0 Å². The molecule has 0 heterocycles. The topological polar surface area (TPSA) is 30.5 Å². The van der Waals surface area contributed by atoms with Crippen LogP contribution in [0.2, 0.25) is 15.1 Å². The average Bonchev–Trinajstić information content (AvgIpc) is 2.43. The van der Waals surface area contributed by atoms with Crippen molar-refractivity contribution in [3.63, 3.8) is 0 Å². The summed E-state index contributed by atoms with van der Waals surface area (Å²) in [5.41, 5.74) is 1.78. The summed E-state index contributed by atoms with van der Waals surface area (Å²) in [6.07, 6.45) is 0. The van der Waals surface area contributed by atoms with E-state index in [1.807, 2.05) is 12.1 Å². The van der Waals surface area contributed by atoms with Gasteiger partial charge in [0.2, 0.25) is 0 Å². The molecule has 0 amide bonds. The molecule has 0 atom stereocenters. The highest BCUT2D eigenvalue weighted by atomic mass is 35.5. The van der Waals surface area contributed by atoms with Gasteiger partial charge in [-0.15, -0.1) is 0 Å². The zero-order valence-electron chi connectivity index (χ0n) is 11.5. The Bertz CT molecular complexity index is 627. The molecule has 0 aliphatic heterocycles. The van der Waals surface area contributed by atoms with Crippen LogP contribution in [-0.4, -0.2) is 14.2 Å². The highest BCUT2D eigenvalue weighted by Gasteiger charge is 2.10. The summed E-state index contributed by atoms with van der Waals surface area (Å²) in [7, 11) is 3.12. The van der Waals surface area contributed by atoms with Gasteiger partial charge in [0, 0.05) is 22.3 Å². The first-order valence-electron chi connectivity index (χ1n) is 6.14. The van der Waals surface area contributed by atoms with E-state index in [9.17, 15) is 0 Å². The number of hydrogen-bond acceptors (Lipinski definition) is 3. The average molecular weight is 347 g/mol. The molecule has 0 unspecified atom stereocenters. The molecule has 0 bridgehead atoms. The first kappa shape index (κ1) is 16.1. The van der Waals surface area contributed by atoms with Crippen molar-refractivity contribution in [1.82, 2.24) is 0 Å². The van der Waals surface area contributed by atoms with Crippen LogP contribution in [-0.2, 0) is 6.54 Å². The van der Waals surface area contributed by atoms with Crippen molar-refractivity contribution in [3.05, 3.63) is 51.0 Å². The second-order valence-corrected chi connectivity index (χ2v) is 5.60. The molecule has 0 saturated heterocycles. The second-order valence-electron chi connectivity index (χ2n) is 4.32. The first-order valence-corrected chi connectivity index (χ1v) is 7.27. The molecule has 6 heteroatoms. The fourth-order valence-electron chi connectivity index (χ4n) is 1.93. The van der Waals surface area contributed by atoms with Crippen LogP contribution >= 0.6 is 34.8 Å². The van der Waals surface area contributed by atoms with Crippen molar-refractivity contribution in [1.29, 1.82) is 0 Å². The Kier molecular flexibility index (Phi) is 5.45. The van der Waals surface area contributed by atoms with E-state index in [1.54, 1.807) is 32.4 Å². The summed E-state index contributed by atoms with van der Waals surface area (Å²) in [6, 6.07) is 8.97. The van der Waals surface area contributed by atoms with Gasteiger partial charge < -0.3 is 14.8 Å². The zero-order chi connectivity index (χ0) is 15.4. The third kappa shape index (κ3) is 4.10. The maximum absolute atomic E-state index is 6.17. The molecule has 2 rings (SSSR count).